The molecule has 3 heterocycles. The minimum Gasteiger partial charge on any atom is -0.465 e. The van der Waals surface area contributed by atoms with Gasteiger partial charge in [-0.3, -0.25) is 9.20 Å². The third kappa shape index (κ3) is 3.21. The zero-order valence-electron chi connectivity index (χ0n) is 15.4. The van der Waals surface area contributed by atoms with E-state index in [4.69, 9.17) is 4.74 Å². The van der Waals surface area contributed by atoms with Crippen LogP contribution in [0.2, 0.25) is 0 Å². The number of thioether (sulfide) groups is 1. The average molecular weight is 445 g/mol. The van der Waals surface area contributed by atoms with Crippen molar-refractivity contribution >= 4 is 66.5 Å². The molecule has 0 saturated carbocycles. The molecule has 0 radical (unpaired) electrons. The second-order valence-electron chi connectivity index (χ2n) is 6.56. The van der Waals surface area contributed by atoms with Gasteiger partial charge >= 0.3 is 5.97 Å². The van der Waals surface area contributed by atoms with Crippen molar-refractivity contribution in [2.24, 2.45) is 0 Å². The van der Waals surface area contributed by atoms with Gasteiger partial charge in [-0.05, 0) is 37.0 Å². The molecule has 0 fully saturated rings. The average Bonchev–Trinajstić information content (AvgIpc) is 3.46. The number of thiophene rings is 1. The van der Waals surface area contributed by atoms with Gasteiger partial charge in [0.1, 0.15) is 5.00 Å². The number of amides is 1. The molecule has 1 amide bonds. The van der Waals surface area contributed by atoms with Crippen molar-refractivity contribution in [1.29, 1.82) is 0 Å². The predicted molar refractivity (Wildman–Crippen MR) is 115 cm³/mol. The number of carbonyl (C=O) groups excluding carboxylic acids is 2. The molecular formula is C19H16N4O3S3. The molecule has 0 aliphatic heterocycles. The number of para-hydroxylation sites is 1. The molecule has 4 aromatic rings. The minimum atomic E-state index is -0.392. The molecular weight excluding hydrogens is 428 g/mol. The van der Waals surface area contributed by atoms with Gasteiger partial charge in [-0.2, -0.15) is 0 Å². The van der Waals surface area contributed by atoms with Crippen LogP contribution in [0.25, 0.3) is 15.2 Å². The summed E-state index contributed by atoms with van der Waals surface area (Å²) in [6.07, 6.45) is 2.83. The molecule has 1 N–H and O–H groups in total. The van der Waals surface area contributed by atoms with Gasteiger partial charge in [-0.1, -0.05) is 35.2 Å². The van der Waals surface area contributed by atoms with E-state index >= 15 is 0 Å². The summed E-state index contributed by atoms with van der Waals surface area (Å²) in [6, 6.07) is 8.02. The van der Waals surface area contributed by atoms with E-state index in [9.17, 15) is 9.59 Å². The summed E-state index contributed by atoms with van der Waals surface area (Å²) in [5, 5.41) is 12.6. The van der Waals surface area contributed by atoms with Gasteiger partial charge in [-0.25, -0.2) is 4.79 Å². The Hall–Kier alpha value is -2.43. The molecule has 0 spiro atoms. The van der Waals surface area contributed by atoms with E-state index in [0.29, 0.717) is 15.7 Å². The van der Waals surface area contributed by atoms with Crippen LogP contribution < -0.4 is 5.32 Å². The van der Waals surface area contributed by atoms with E-state index in [2.05, 4.69) is 15.5 Å². The van der Waals surface area contributed by atoms with Crippen molar-refractivity contribution in [2.75, 3.05) is 18.2 Å². The molecule has 7 nitrogen and oxygen atoms in total. The van der Waals surface area contributed by atoms with Crippen molar-refractivity contribution in [3.8, 4) is 0 Å². The van der Waals surface area contributed by atoms with Crippen LogP contribution in [0.5, 0.6) is 0 Å². The van der Waals surface area contributed by atoms with Crippen molar-refractivity contribution in [3.05, 3.63) is 40.3 Å². The topological polar surface area (TPSA) is 85.6 Å². The Morgan fingerprint density at radius 1 is 1.24 bits per heavy atom. The molecule has 0 bridgehead atoms. The smallest absolute Gasteiger partial charge is 0.341 e. The van der Waals surface area contributed by atoms with Gasteiger partial charge in [0.15, 0.2) is 5.16 Å². The molecule has 1 aromatic carbocycles. The Kier molecular flexibility index (Phi) is 4.76. The third-order valence-corrected chi connectivity index (χ3v) is 7.96. The molecule has 0 atom stereocenters. The number of hydrogen-bond acceptors (Lipinski definition) is 8. The van der Waals surface area contributed by atoms with Crippen molar-refractivity contribution in [2.45, 2.75) is 24.4 Å². The van der Waals surface area contributed by atoms with Crippen LogP contribution in [0.4, 0.5) is 5.00 Å². The maximum Gasteiger partial charge on any atom is 0.341 e. The zero-order valence-corrected chi connectivity index (χ0v) is 17.9. The summed E-state index contributed by atoms with van der Waals surface area (Å²) in [4.78, 5) is 26.8. The standard InChI is InChI=1S/C19H16N4O3S3/c1-26-17(25)15-10-5-4-8-12(10)28-16(15)20-14(24)9-27-18-21-22-19-23(18)11-6-2-3-7-13(11)29-19/h2-3,6-7H,4-5,8-9H2,1H3,(H,20,24). The van der Waals surface area contributed by atoms with Gasteiger partial charge in [0.05, 0.1) is 28.6 Å². The lowest BCUT2D eigenvalue weighted by Crippen LogP contribution is -2.16. The number of anilines is 1. The second kappa shape index (κ2) is 7.43. The van der Waals surface area contributed by atoms with Crippen LogP contribution in [-0.2, 0) is 22.4 Å². The number of ether oxygens (including phenoxy) is 1. The first-order valence-electron chi connectivity index (χ1n) is 9.04. The normalized spacial score (nSPS) is 13.1. The maximum atomic E-state index is 12.6. The number of hydrogen-bond donors (Lipinski definition) is 1. The fourth-order valence-electron chi connectivity index (χ4n) is 3.55. The van der Waals surface area contributed by atoms with Crippen LogP contribution in [-0.4, -0.2) is 39.3 Å². The summed E-state index contributed by atoms with van der Waals surface area (Å²) < 4.78 is 8.03. The molecule has 10 heteroatoms. The van der Waals surface area contributed by atoms with E-state index in [1.165, 1.54) is 30.2 Å². The molecule has 3 aromatic heterocycles. The molecule has 0 unspecified atom stereocenters. The summed E-state index contributed by atoms with van der Waals surface area (Å²) in [5.74, 6) is -0.402. The van der Waals surface area contributed by atoms with E-state index in [1.54, 1.807) is 11.3 Å². The lowest BCUT2D eigenvalue weighted by Gasteiger charge is -2.06. The van der Waals surface area contributed by atoms with Crippen molar-refractivity contribution < 1.29 is 14.3 Å². The highest BCUT2D eigenvalue weighted by atomic mass is 32.2. The van der Waals surface area contributed by atoms with Crippen LogP contribution in [0.1, 0.15) is 27.2 Å². The Balaban J connectivity index is 1.35. The van der Waals surface area contributed by atoms with E-state index in [1.807, 2.05) is 28.7 Å². The van der Waals surface area contributed by atoms with Gasteiger partial charge in [0.2, 0.25) is 10.9 Å². The Bertz CT molecular complexity index is 1260. The monoisotopic (exact) mass is 444 g/mol. The molecule has 1 aliphatic rings. The number of esters is 1. The first-order chi connectivity index (χ1) is 14.2. The largest absolute Gasteiger partial charge is 0.465 e. The number of fused-ring (bicyclic) bond motifs is 4. The van der Waals surface area contributed by atoms with Crippen LogP contribution in [0.3, 0.4) is 0 Å². The minimum absolute atomic E-state index is 0.175. The molecule has 1 aliphatic carbocycles. The fraction of sp³-hybridized carbons (Fsp3) is 0.263. The van der Waals surface area contributed by atoms with Gasteiger partial charge < -0.3 is 10.1 Å². The quantitative estimate of drug-likeness (QED) is 0.370. The number of benzene rings is 1. The maximum absolute atomic E-state index is 12.6. The number of aryl methyl sites for hydroxylation is 1. The summed E-state index contributed by atoms with van der Waals surface area (Å²) >= 11 is 4.37. The predicted octanol–water partition coefficient (Wildman–Crippen LogP) is 4.01. The number of methoxy groups -OCH3 is 1. The molecule has 5 rings (SSSR count). The van der Waals surface area contributed by atoms with Crippen LogP contribution in [0, 0.1) is 0 Å². The van der Waals surface area contributed by atoms with E-state index in [0.717, 1.165) is 44.9 Å². The molecule has 148 valence electrons. The number of rotatable bonds is 5. The zero-order chi connectivity index (χ0) is 20.0. The Labute approximate surface area is 178 Å². The van der Waals surface area contributed by atoms with Crippen LogP contribution in [0.15, 0.2) is 29.4 Å². The first-order valence-corrected chi connectivity index (χ1v) is 11.7. The Morgan fingerprint density at radius 2 is 2.10 bits per heavy atom. The van der Waals surface area contributed by atoms with Gasteiger partial charge in [0, 0.05) is 4.88 Å². The fourth-order valence-corrected chi connectivity index (χ4v) is 6.61. The van der Waals surface area contributed by atoms with Crippen molar-refractivity contribution in [3.63, 3.8) is 0 Å². The van der Waals surface area contributed by atoms with E-state index in [-0.39, 0.29) is 11.7 Å². The van der Waals surface area contributed by atoms with Gasteiger partial charge in [0.25, 0.3) is 0 Å². The first kappa shape index (κ1) is 18.6. The molecule has 0 saturated heterocycles. The highest BCUT2D eigenvalue weighted by Crippen LogP contribution is 2.39. The highest BCUT2D eigenvalue weighted by Gasteiger charge is 2.28. The Morgan fingerprint density at radius 3 is 2.97 bits per heavy atom. The third-order valence-electron chi connectivity index (χ3n) is 4.81. The lowest BCUT2D eigenvalue weighted by molar-refractivity contribution is -0.113. The number of thiazole rings is 1. The number of nitrogens with one attached hydrogen (secondary N) is 1. The van der Waals surface area contributed by atoms with E-state index < -0.39 is 5.97 Å². The summed E-state index contributed by atoms with van der Waals surface area (Å²) in [6.45, 7) is 0. The highest BCUT2D eigenvalue weighted by molar-refractivity contribution is 7.99. The molecule has 29 heavy (non-hydrogen) atoms. The lowest BCUT2D eigenvalue weighted by atomic mass is 10.1. The summed E-state index contributed by atoms with van der Waals surface area (Å²) in [7, 11) is 1.37. The number of nitrogens with zero attached hydrogens (tertiary/aromatic N) is 3. The number of aromatic nitrogens is 3. The summed E-state index contributed by atoms with van der Waals surface area (Å²) in [5.41, 5.74) is 2.56. The second-order valence-corrected chi connectivity index (χ2v) is 9.62. The van der Waals surface area contributed by atoms with Crippen LogP contribution >= 0.6 is 34.4 Å². The van der Waals surface area contributed by atoms with Gasteiger partial charge in [-0.15, -0.1) is 21.5 Å². The number of carbonyl (C=O) groups is 2. The van der Waals surface area contributed by atoms with Crippen molar-refractivity contribution in [1.82, 2.24) is 14.6 Å². The SMILES string of the molecule is COC(=O)c1c(NC(=O)CSc2nnc3sc4ccccc4n23)sc2c1CCC2.